The van der Waals surface area contributed by atoms with Gasteiger partial charge in [-0.25, -0.2) is 4.58 Å². The first-order chi connectivity index (χ1) is 4.72. The van der Waals surface area contributed by atoms with Gasteiger partial charge in [0.2, 0.25) is 0 Å². The molecular weight excluding hydrogens is 122 g/mol. The second kappa shape index (κ2) is 3.00. The molecule has 1 atom stereocenters. The molecule has 0 amide bonds. The highest BCUT2D eigenvalue weighted by atomic mass is 15.0. The summed E-state index contributed by atoms with van der Waals surface area (Å²) in [5.74, 6) is 0.727. The Balaban J connectivity index is 2.72. The van der Waals surface area contributed by atoms with E-state index in [2.05, 4.69) is 37.8 Å². The van der Waals surface area contributed by atoms with Gasteiger partial charge in [0.1, 0.15) is 12.8 Å². The molecule has 0 aliphatic carbocycles. The molecule has 1 aliphatic heterocycles. The van der Waals surface area contributed by atoms with Crippen molar-refractivity contribution in [3.8, 4) is 0 Å². The van der Waals surface area contributed by atoms with Crippen molar-refractivity contribution in [2.75, 3.05) is 6.54 Å². The predicted molar refractivity (Wildman–Crippen MR) is 44.4 cm³/mol. The van der Waals surface area contributed by atoms with Crippen molar-refractivity contribution in [2.24, 2.45) is 5.92 Å². The second-order valence-electron chi connectivity index (χ2n) is 3.14. The normalized spacial score (nSPS) is 25.7. The minimum Gasteiger partial charge on any atom is -0.209 e. The van der Waals surface area contributed by atoms with Crippen LogP contribution >= 0.6 is 0 Å². The molecule has 0 saturated heterocycles. The number of allylic oxidation sites excluding steroid dienone is 1. The maximum Gasteiger partial charge on any atom is 0.167 e. The van der Waals surface area contributed by atoms with E-state index in [0.717, 1.165) is 12.5 Å². The molecule has 1 aliphatic rings. The summed E-state index contributed by atoms with van der Waals surface area (Å²) in [5.41, 5.74) is 1.50. The summed E-state index contributed by atoms with van der Waals surface area (Å²) in [4.78, 5) is 0. The fourth-order valence-corrected chi connectivity index (χ4v) is 1.46. The van der Waals surface area contributed by atoms with Crippen LogP contribution in [0.3, 0.4) is 0 Å². The molecule has 0 N–H and O–H groups in total. The molecule has 1 heterocycles. The standard InChI is InChI=1S/C9H16N/c1-4-10-6-8(2)5-9(3)7-10/h6-8H,4-5H2,1-3H3/q+1. The van der Waals surface area contributed by atoms with Gasteiger partial charge in [0.25, 0.3) is 0 Å². The Bertz CT molecular complexity index is 177. The third-order valence-electron chi connectivity index (χ3n) is 1.84. The first kappa shape index (κ1) is 7.52. The summed E-state index contributed by atoms with van der Waals surface area (Å²) < 4.78 is 2.27. The molecule has 0 aromatic heterocycles. The molecular formula is C9H16N+. The van der Waals surface area contributed by atoms with E-state index in [1.54, 1.807) is 0 Å². The lowest BCUT2D eigenvalue weighted by atomic mass is 10.0. The number of hydrogen-bond donors (Lipinski definition) is 0. The number of hydrogen-bond acceptors (Lipinski definition) is 0. The van der Waals surface area contributed by atoms with Crippen LogP contribution in [0, 0.1) is 5.92 Å². The monoisotopic (exact) mass is 138 g/mol. The van der Waals surface area contributed by atoms with Crippen molar-refractivity contribution in [3.63, 3.8) is 0 Å². The Morgan fingerprint density at radius 3 is 2.90 bits per heavy atom. The summed E-state index contributed by atoms with van der Waals surface area (Å²) in [6.07, 6.45) is 5.77. The van der Waals surface area contributed by atoms with Crippen LogP contribution in [-0.4, -0.2) is 17.3 Å². The molecule has 0 spiro atoms. The lowest BCUT2D eigenvalue weighted by Gasteiger charge is -2.09. The van der Waals surface area contributed by atoms with Gasteiger partial charge in [-0.3, -0.25) is 0 Å². The van der Waals surface area contributed by atoms with Crippen molar-refractivity contribution in [2.45, 2.75) is 27.2 Å². The van der Waals surface area contributed by atoms with E-state index >= 15 is 0 Å². The average molecular weight is 138 g/mol. The van der Waals surface area contributed by atoms with Gasteiger partial charge in [0, 0.05) is 5.92 Å². The molecule has 0 saturated carbocycles. The summed E-state index contributed by atoms with van der Waals surface area (Å²) in [5, 5.41) is 0. The van der Waals surface area contributed by atoms with Crippen molar-refractivity contribution >= 4 is 6.21 Å². The maximum absolute atomic E-state index is 2.30. The van der Waals surface area contributed by atoms with Gasteiger partial charge in [-0.2, -0.15) is 0 Å². The van der Waals surface area contributed by atoms with Crippen molar-refractivity contribution in [3.05, 3.63) is 11.8 Å². The molecule has 0 radical (unpaired) electrons. The van der Waals surface area contributed by atoms with Crippen molar-refractivity contribution in [1.82, 2.24) is 0 Å². The van der Waals surface area contributed by atoms with Crippen LogP contribution in [0.4, 0.5) is 0 Å². The average Bonchev–Trinajstić information content (AvgIpc) is 1.85. The van der Waals surface area contributed by atoms with Crippen LogP contribution in [0.15, 0.2) is 11.8 Å². The molecule has 1 unspecified atom stereocenters. The van der Waals surface area contributed by atoms with E-state index in [0.29, 0.717) is 0 Å². The highest BCUT2D eigenvalue weighted by molar-refractivity contribution is 5.56. The van der Waals surface area contributed by atoms with E-state index in [1.165, 1.54) is 12.0 Å². The molecule has 1 nitrogen and oxygen atoms in total. The number of nitrogens with zero attached hydrogens (tertiary/aromatic N) is 1. The summed E-state index contributed by atoms with van der Waals surface area (Å²) in [6.45, 7) is 7.74. The fourth-order valence-electron chi connectivity index (χ4n) is 1.46. The van der Waals surface area contributed by atoms with Gasteiger partial charge < -0.3 is 0 Å². The third kappa shape index (κ3) is 1.69. The van der Waals surface area contributed by atoms with E-state index in [-0.39, 0.29) is 0 Å². The molecule has 56 valence electrons. The highest BCUT2D eigenvalue weighted by Crippen LogP contribution is 2.12. The van der Waals surface area contributed by atoms with Gasteiger partial charge in [0.05, 0.1) is 0 Å². The topological polar surface area (TPSA) is 3.01 Å². The zero-order chi connectivity index (χ0) is 7.56. The van der Waals surface area contributed by atoms with E-state index in [9.17, 15) is 0 Å². The zero-order valence-corrected chi connectivity index (χ0v) is 7.09. The van der Waals surface area contributed by atoms with Crippen LogP contribution in [-0.2, 0) is 0 Å². The Morgan fingerprint density at radius 1 is 1.70 bits per heavy atom. The van der Waals surface area contributed by atoms with Crippen molar-refractivity contribution < 1.29 is 4.58 Å². The number of rotatable bonds is 1. The van der Waals surface area contributed by atoms with Crippen LogP contribution in [0.25, 0.3) is 0 Å². The van der Waals surface area contributed by atoms with Gasteiger partial charge in [-0.15, -0.1) is 0 Å². The molecule has 10 heavy (non-hydrogen) atoms. The Morgan fingerprint density at radius 2 is 2.40 bits per heavy atom. The van der Waals surface area contributed by atoms with Crippen LogP contribution in [0.1, 0.15) is 27.2 Å². The fraction of sp³-hybridized carbons (Fsp3) is 0.667. The largest absolute Gasteiger partial charge is 0.209 e. The minimum absolute atomic E-state index is 0.727. The molecule has 0 aromatic rings. The molecule has 1 rings (SSSR count). The van der Waals surface area contributed by atoms with E-state index in [4.69, 9.17) is 0 Å². The van der Waals surface area contributed by atoms with Gasteiger partial charge in [-0.1, -0.05) is 6.92 Å². The van der Waals surface area contributed by atoms with Gasteiger partial charge in [0.15, 0.2) is 6.20 Å². The SMILES string of the molecule is CC[N+]1=CC(C)CC(C)=C1. The predicted octanol–water partition coefficient (Wildman–Crippen LogP) is 2.03. The summed E-state index contributed by atoms with van der Waals surface area (Å²) >= 11 is 0. The summed E-state index contributed by atoms with van der Waals surface area (Å²) in [7, 11) is 0. The molecule has 0 bridgehead atoms. The quantitative estimate of drug-likeness (QED) is 0.488. The third-order valence-corrected chi connectivity index (χ3v) is 1.84. The van der Waals surface area contributed by atoms with Crippen LogP contribution in [0.5, 0.6) is 0 Å². The van der Waals surface area contributed by atoms with Crippen molar-refractivity contribution in [1.29, 1.82) is 0 Å². The first-order valence-corrected chi connectivity index (χ1v) is 4.00. The van der Waals surface area contributed by atoms with Gasteiger partial charge >= 0.3 is 0 Å². The minimum atomic E-state index is 0.727. The molecule has 0 fully saturated rings. The smallest absolute Gasteiger partial charge is 0.167 e. The lowest BCUT2D eigenvalue weighted by molar-refractivity contribution is -0.453. The first-order valence-electron chi connectivity index (χ1n) is 4.00. The van der Waals surface area contributed by atoms with E-state index < -0.39 is 0 Å². The van der Waals surface area contributed by atoms with Gasteiger partial charge in [-0.05, 0) is 25.8 Å². The Kier molecular flexibility index (Phi) is 2.25. The zero-order valence-electron chi connectivity index (χ0n) is 7.09. The highest BCUT2D eigenvalue weighted by Gasteiger charge is 2.12. The molecule has 0 aromatic carbocycles. The molecule has 1 heteroatoms. The Hall–Kier alpha value is -0.590. The van der Waals surface area contributed by atoms with Crippen LogP contribution in [0.2, 0.25) is 0 Å². The second-order valence-corrected chi connectivity index (χ2v) is 3.14. The lowest BCUT2D eigenvalue weighted by Crippen LogP contribution is -2.16. The van der Waals surface area contributed by atoms with Crippen LogP contribution < -0.4 is 0 Å². The summed E-state index contributed by atoms with van der Waals surface area (Å²) in [6, 6.07) is 0. The Labute approximate surface area is 63.1 Å². The maximum atomic E-state index is 2.30. The van der Waals surface area contributed by atoms with E-state index in [1.807, 2.05) is 0 Å².